The Balaban J connectivity index is -0.000000256. The van der Waals surface area contributed by atoms with Gasteiger partial charge in [-0.05, 0) is 37.6 Å². The molecule has 0 saturated heterocycles. The van der Waals surface area contributed by atoms with Crippen molar-refractivity contribution in [3.8, 4) is 0 Å². The standard InChI is InChI=1S/C15H25NO.3CO.Cr/c1-11(16(5)6)12-9-7-8-10-13(12)14(17)15(2,3)4;3*1-2;/h7-11,14,17H,1-6H3;;;;/t11-,14+;;;;/m1..../s1. The zero-order chi connectivity index (χ0) is 19.2. The Morgan fingerprint density at radius 3 is 1.54 bits per heavy atom. The molecule has 0 bridgehead atoms. The van der Waals surface area contributed by atoms with Gasteiger partial charge in [-0.25, -0.2) is 0 Å². The maximum absolute atomic E-state index is 10.5. The van der Waals surface area contributed by atoms with Crippen LogP contribution in [0.1, 0.15) is 51.0 Å². The Labute approximate surface area is 156 Å². The van der Waals surface area contributed by atoms with Crippen molar-refractivity contribution in [3.63, 3.8) is 0 Å². The van der Waals surface area contributed by atoms with Gasteiger partial charge in [0.15, 0.2) is 0 Å². The van der Waals surface area contributed by atoms with Crippen molar-refractivity contribution < 1.29 is 36.4 Å². The summed E-state index contributed by atoms with van der Waals surface area (Å²) in [6, 6.07) is 8.48. The Kier molecular flexibility index (Phi) is 21.4. The number of nitrogens with zero attached hydrogens (tertiary/aromatic N) is 1. The van der Waals surface area contributed by atoms with Gasteiger partial charge in [-0.2, -0.15) is 0 Å². The molecule has 1 aromatic rings. The molecule has 0 unspecified atom stereocenters. The van der Waals surface area contributed by atoms with E-state index < -0.39 is 6.10 Å². The maximum atomic E-state index is 10.5. The predicted octanol–water partition coefficient (Wildman–Crippen LogP) is 3.27. The van der Waals surface area contributed by atoms with Crippen LogP contribution >= 0.6 is 0 Å². The summed E-state index contributed by atoms with van der Waals surface area (Å²) >= 11 is 0. The SMILES string of the molecule is C[C@H](c1ccccc1[C@H](O)C(C)(C)C)N(C)C.[C-]#[O+].[C-]#[O+].[C-]#[O+].[Cr]. The fourth-order valence-corrected chi connectivity index (χ4v) is 1.89. The van der Waals surface area contributed by atoms with E-state index in [1.807, 2.05) is 18.2 Å². The smallest absolute Gasteiger partial charge is 0 e. The largest absolute Gasteiger partial charge is 0 e. The molecule has 0 aromatic heterocycles. The van der Waals surface area contributed by atoms with Gasteiger partial charge in [-0.1, -0.05) is 45.0 Å². The van der Waals surface area contributed by atoms with Gasteiger partial charge in [0.1, 0.15) is 0 Å². The zero-order valence-corrected chi connectivity index (χ0v) is 16.3. The molecule has 1 N–H and O–H groups in total. The van der Waals surface area contributed by atoms with Gasteiger partial charge >= 0.3 is 33.9 Å². The van der Waals surface area contributed by atoms with Crippen LogP contribution in [0, 0.1) is 25.4 Å². The van der Waals surface area contributed by atoms with Crippen LogP contribution in [0.5, 0.6) is 0 Å². The van der Waals surface area contributed by atoms with E-state index in [-0.39, 0.29) is 22.8 Å². The van der Waals surface area contributed by atoms with Crippen molar-refractivity contribution in [2.24, 2.45) is 5.41 Å². The second-order valence-corrected chi connectivity index (χ2v) is 6.04. The molecule has 0 aliphatic carbocycles. The second-order valence-electron chi connectivity index (χ2n) is 6.04. The fraction of sp³-hybridized carbons (Fsp3) is 0.500. The molecule has 1 aromatic carbocycles. The minimum absolute atomic E-state index is 0. The van der Waals surface area contributed by atoms with Crippen LogP contribution in [0.4, 0.5) is 0 Å². The van der Waals surface area contributed by atoms with Crippen LogP contribution in [0.15, 0.2) is 24.3 Å². The molecular weight excluding hydrogens is 346 g/mol. The molecule has 0 amide bonds. The Morgan fingerprint density at radius 1 is 0.917 bits per heavy atom. The quantitative estimate of drug-likeness (QED) is 0.653. The van der Waals surface area contributed by atoms with Gasteiger partial charge in [0.2, 0.25) is 0 Å². The maximum Gasteiger partial charge on any atom is 0 e. The first-order chi connectivity index (χ1) is 10.7. The molecule has 0 heterocycles. The van der Waals surface area contributed by atoms with Crippen molar-refractivity contribution in [2.75, 3.05) is 14.1 Å². The average Bonchev–Trinajstić information content (AvgIpc) is 2.58. The molecule has 6 heteroatoms. The van der Waals surface area contributed by atoms with E-state index in [1.165, 1.54) is 5.56 Å². The van der Waals surface area contributed by atoms with E-state index in [0.717, 1.165) is 5.56 Å². The van der Waals surface area contributed by atoms with Gasteiger partial charge in [0, 0.05) is 23.4 Å². The van der Waals surface area contributed by atoms with Crippen LogP contribution in [0.25, 0.3) is 0 Å². The minimum atomic E-state index is -0.430. The molecule has 0 aliphatic rings. The van der Waals surface area contributed by atoms with Gasteiger partial charge in [0.25, 0.3) is 0 Å². The zero-order valence-electron chi connectivity index (χ0n) is 15.0. The summed E-state index contributed by atoms with van der Waals surface area (Å²) in [5.74, 6) is 0. The summed E-state index contributed by atoms with van der Waals surface area (Å²) in [7, 11) is 4.12. The number of hydrogen-bond donors (Lipinski definition) is 1. The Bertz CT molecular complexity index is 476. The summed E-state index contributed by atoms with van der Waals surface area (Å²) in [5, 5.41) is 10.5. The molecule has 5 nitrogen and oxygen atoms in total. The fourth-order valence-electron chi connectivity index (χ4n) is 1.89. The van der Waals surface area contributed by atoms with E-state index >= 15 is 0 Å². The van der Waals surface area contributed by atoms with Crippen LogP contribution in [-0.4, -0.2) is 24.1 Å². The average molecular weight is 371 g/mol. The number of hydrogen-bond acceptors (Lipinski definition) is 2. The first-order valence-electron chi connectivity index (χ1n) is 6.79. The number of aliphatic hydroxyl groups excluding tert-OH is 1. The summed E-state index contributed by atoms with van der Waals surface area (Å²) in [4.78, 5) is 2.16. The van der Waals surface area contributed by atoms with Gasteiger partial charge in [0.05, 0.1) is 6.10 Å². The third kappa shape index (κ3) is 10.6. The molecule has 132 valence electrons. The summed E-state index contributed by atoms with van der Waals surface area (Å²) in [6.45, 7) is 21.9. The molecule has 0 saturated carbocycles. The molecular formula is C18H25CrNO4. The number of aliphatic hydroxyl groups is 1. The van der Waals surface area contributed by atoms with E-state index in [9.17, 15) is 5.11 Å². The summed E-state index contributed by atoms with van der Waals surface area (Å²) in [6.07, 6.45) is -0.430. The molecule has 0 radical (unpaired) electrons. The van der Waals surface area contributed by atoms with Crippen LogP contribution < -0.4 is 0 Å². The summed E-state index contributed by atoms with van der Waals surface area (Å²) in [5.41, 5.74) is 2.11. The van der Waals surface area contributed by atoms with Crippen molar-refractivity contribution in [2.45, 2.75) is 39.8 Å². The van der Waals surface area contributed by atoms with Crippen LogP contribution in [0.3, 0.4) is 0 Å². The van der Waals surface area contributed by atoms with Gasteiger partial charge in [-0.3, -0.25) is 0 Å². The van der Waals surface area contributed by atoms with Gasteiger partial charge in [-0.15, -0.1) is 0 Å². The first kappa shape index (κ1) is 30.7. The van der Waals surface area contributed by atoms with Crippen molar-refractivity contribution >= 4 is 0 Å². The van der Waals surface area contributed by atoms with E-state index in [4.69, 9.17) is 14.0 Å². The van der Waals surface area contributed by atoms with Gasteiger partial charge < -0.3 is 10.0 Å². The normalized spacial score (nSPS) is 11.6. The molecule has 2 atom stereocenters. The molecule has 1 rings (SSSR count). The Morgan fingerprint density at radius 2 is 1.25 bits per heavy atom. The van der Waals surface area contributed by atoms with E-state index in [0.29, 0.717) is 6.04 Å². The summed E-state index contributed by atoms with van der Waals surface area (Å²) < 4.78 is 22.5. The molecule has 0 aliphatic heterocycles. The molecule has 0 fully saturated rings. The minimum Gasteiger partial charge on any atom is 0 e. The molecule has 0 spiro atoms. The first-order valence-corrected chi connectivity index (χ1v) is 6.79. The Hall–Kier alpha value is -1.11. The van der Waals surface area contributed by atoms with Crippen LogP contribution in [0.2, 0.25) is 0 Å². The van der Waals surface area contributed by atoms with Crippen molar-refractivity contribution in [3.05, 3.63) is 55.3 Å². The monoisotopic (exact) mass is 371 g/mol. The van der Waals surface area contributed by atoms with E-state index in [1.54, 1.807) is 0 Å². The van der Waals surface area contributed by atoms with E-state index in [2.05, 4.69) is 72.7 Å². The van der Waals surface area contributed by atoms with Crippen molar-refractivity contribution in [1.29, 1.82) is 0 Å². The second kappa shape index (κ2) is 16.7. The molecule has 24 heavy (non-hydrogen) atoms. The third-order valence-corrected chi connectivity index (χ3v) is 3.34. The number of rotatable bonds is 3. The van der Waals surface area contributed by atoms with Crippen molar-refractivity contribution in [1.82, 2.24) is 4.90 Å². The van der Waals surface area contributed by atoms with Crippen LogP contribution in [-0.2, 0) is 31.3 Å². The number of benzene rings is 1. The predicted molar refractivity (Wildman–Crippen MR) is 84.7 cm³/mol. The third-order valence-electron chi connectivity index (χ3n) is 3.34. The topological polar surface area (TPSA) is 83.2 Å².